The number of anilines is 1. The molecule has 43 heavy (non-hydrogen) atoms. The van der Waals surface area contributed by atoms with E-state index < -0.39 is 88.5 Å². The zero-order valence-corrected chi connectivity index (χ0v) is 23.0. The fourth-order valence-electron chi connectivity index (χ4n) is 3.41. The number of amides is 3. The third-order valence-electron chi connectivity index (χ3n) is 5.68. The second-order valence-corrected chi connectivity index (χ2v) is 9.61. The topological polar surface area (TPSA) is 123 Å². The Morgan fingerprint density at radius 3 is 2.14 bits per heavy atom. The molecule has 3 aromatic rings. The highest BCUT2D eigenvalue weighted by atomic mass is 32.1. The van der Waals surface area contributed by atoms with E-state index >= 15 is 0 Å². The van der Waals surface area contributed by atoms with E-state index in [1.807, 2.05) is 5.32 Å². The van der Waals surface area contributed by atoms with Gasteiger partial charge in [-0.2, -0.15) is 20.1 Å². The van der Waals surface area contributed by atoms with Gasteiger partial charge in [0.05, 0.1) is 12.6 Å². The van der Waals surface area contributed by atoms with Gasteiger partial charge in [0.25, 0.3) is 0 Å². The van der Waals surface area contributed by atoms with E-state index in [1.54, 1.807) is 22.1 Å². The minimum absolute atomic E-state index is 0.0456. The molecule has 0 saturated carbocycles. The van der Waals surface area contributed by atoms with Crippen LogP contribution >= 0.6 is 11.3 Å². The zero-order valence-electron chi connectivity index (χ0n) is 22.2. The van der Waals surface area contributed by atoms with E-state index in [4.69, 9.17) is 9.47 Å². The van der Waals surface area contributed by atoms with Crippen molar-refractivity contribution < 1.29 is 55.0 Å². The van der Waals surface area contributed by atoms with Gasteiger partial charge in [-0.25, -0.2) is 17.6 Å². The van der Waals surface area contributed by atoms with Crippen LogP contribution in [0.4, 0.5) is 32.0 Å². The van der Waals surface area contributed by atoms with Crippen molar-refractivity contribution >= 4 is 40.5 Å². The smallest absolute Gasteiger partial charge is 0.313 e. The van der Waals surface area contributed by atoms with Gasteiger partial charge >= 0.3 is 11.8 Å². The monoisotopic (exact) mass is 631 g/mol. The second-order valence-electron chi connectivity index (χ2n) is 8.83. The van der Waals surface area contributed by atoms with Crippen molar-refractivity contribution in [2.24, 2.45) is 0 Å². The molecule has 0 aliphatic rings. The van der Waals surface area contributed by atoms with Crippen LogP contribution in [0.15, 0.2) is 41.1 Å². The van der Waals surface area contributed by atoms with Crippen molar-refractivity contribution in [1.82, 2.24) is 10.6 Å². The van der Waals surface area contributed by atoms with Crippen LogP contribution in [0, 0.1) is 34.9 Å². The van der Waals surface area contributed by atoms with Crippen molar-refractivity contribution in [2.45, 2.75) is 32.0 Å². The van der Waals surface area contributed by atoms with Gasteiger partial charge in [-0.3, -0.25) is 19.2 Å². The first-order chi connectivity index (χ1) is 20.4. The number of hydrogen-bond donors (Lipinski definition) is 3. The first kappa shape index (κ1) is 33.1. The number of para-hydroxylation sites is 1. The molecule has 0 aliphatic heterocycles. The Bertz CT molecular complexity index is 1440. The molecule has 1 heterocycles. The summed E-state index contributed by atoms with van der Waals surface area (Å²) in [7, 11) is 0. The van der Waals surface area contributed by atoms with Crippen LogP contribution in [0.1, 0.15) is 18.9 Å². The van der Waals surface area contributed by atoms with Crippen LogP contribution in [0.2, 0.25) is 0 Å². The molecular weight excluding hydrogens is 608 g/mol. The van der Waals surface area contributed by atoms with Gasteiger partial charge in [-0.1, -0.05) is 6.07 Å². The predicted molar refractivity (Wildman–Crippen MR) is 140 cm³/mol. The fraction of sp³-hybridized carbons (Fsp3) is 0.259. The minimum Gasteiger partial charge on any atom is -0.479 e. The number of nitrogens with one attached hydrogen (secondary N) is 3. The van der Waals surface area contributed by atoms with Gasteiger partial charge in [-0.15, -0.1) is 0 Å². The Hall–Kier alpha value is -4.44. The lowest BCUT2D eigenvalue weighted by Gasteiger charge is -2.21. The SMILES string of the molecule is C[C@H](NC(=O)C(=O)Nc1c(F)cccc1F)C(=O)N[C@@H](CCOCc1ccsc1)C(=O)COc1c(F)c(F)cc(F)c1F. The number of hydrogen-bond acceptors (Lipinski definition) is 7. The van der Waals surface area contributed by atoms with Crippen LogP contribution in [0.5, 0.6) is 5.75 Å². The number of benzene rings is 2. The highest BCUT2D eigenvalue weighted by Crippen LogP contribution is 2.26. The Morgan fingerprint density at radius 2 is 1.53 bits per heavy atom. The highest BCUT2D eigenvalue weighted by Gasteiger charge is 2.28. The largest absolute Gasteiger partial charge is 0.479 e. The van der Waals surface area contributed by atoms with E-state index in [0.29, 0.717) is 0 Å². The van der Waals surface area contributed by atoms with Crippen LogP contribution < -0.4 is 20.7 Å². The number of thiophene rings is 1. The molecule has 9 nitrogen and oxygen atoms in total. The summed E-state index contributed by atoms with van der Waals surface area (Å²) in [5.74, 6) is -16.1. The molecule has 0 radical (unpaired) electrons. The number of ketones is 1. The molecule has 0 bridgehead atoms. The third kappa shape index (κ3) is 9.02. The van der Waals surface area contributed by atoms with Crippen molar-refractivity contribution in [2.75, 3.05) is 18.5 Å². The molecule has 2 aromatic carbocycles. The average molecular weight is 632 g/mol. The summed E-state index contributed by atoms with van der Waals surface area (Å²) in [6.07, 6.45) is -0.214. The molecule has 3 amide bonds. The first-order valence-electron chi connectivity index (χ1n) is 12.3. The Labute approximate surface area is 244 Å². The predicted octanol–water partition coefficient (Wildman–Crippen LogP) is 3.77. The summed E-state index contributed by atoms with van der Waals surface area (Å²) < 4.78 is 92.5. The Morgan fingerprint density at radius 1 is 0.884 bits per heavy atom. The number of carbonyl (C=O) groups is 4. The van der Waals surface area contributed by atoms with E-state index in [0.717, 1.165) is 30.7 Å². The molecule has 2 atom stereocenters. The van der Waals surface area contributed by atoms with Crippen molar-refractivity contribution in [3.05, 3.63) is 81.6 Å². The van der Waals surface area contributed by atoms with Crippen molar-refractivity contribution in [3.8, 4) is 5.75 Å². The lowest BCUT2D eigenvalue weighted by atomic mass is 10.1. The first-order valence-corrected chi connectivity index (χ1v) is 13.3. The van der Waals surface area contributed by atoms with Crippen molar-refractivity contribution in [1.29, 1.82) is 0 Å². The van der Waals surface area contributed by atoms with Crippen LogP contribution in [-0.4, -0.2) is 48.8 Å². The number of halogens is 6. The van der Waals surface area contributed by atoms with Gasteiger partial charge in [0.15, 0.2) is 23.2 Å². The summed E-state index contributed by atoms with van der Waals surface area (Å²) in [4.78, 5) is 49.9. The lowest BCUT2D eigenvalue weighted by Crippen LogP contribution is -2.53. The average Bonchev–Trinajstić information content (AvgIpc) is 3.48. The molecule has 16 heteroatoms. The van der Waals surface area contributed by atoms with E-state index in [-0.39, 0.29) is 25.7 Å². The molecule has 0 unspecified atom stereocenters. The molecule has 0 fully saturated rings. The van der Waals surface area contributed by atoms with Crippen LogP contribution in [-0.2, 0) is 30.5 Å². The zero-order chi connectivity index (χ0) is 31.7. The van der Waals surface area contributed by atoms with Gasteiger partial charge < -0.3 is 25.4 Å². The molecule has 0 saturated heterocycles. The lowest BCUT2D eigenvalue weighted by molar-refractivity contribution is -0.138. The molecule has 3 N–H and O–H groups in total. The number of rotatable bonds is 13. The minimum atomic E-state index is -1.88. The number of Topliss-reactive ketones (excluding diaryl/α,β-unsaturated/α-hetero) is 1. The molecule has 3 rings (SSSR count). The Kier molecular flexibility index (Phi) is 11.7. The van der Waals surface area contributed by atoms with Crippen LogP contribution in [0.3, 0.4) is 0 Å². The maximum atomic E-state index is 13.9. The van der Waals surface area contributed by atoms with Gasteiger partial charge in [0, 0.05) is 12.7 Å². The summed E-state index contributed by atoms with van der Waals surface area (Å²) in [5.41, 5.74) is -0.0666. The van der Waals surface area contributed by atoms with E-state index in [1.165, 1.54) is 11.3 Å². The van der Waals surface area contributed by atoms with E-state index in [9.17, 15) is 45.5 Å². The van der Waals surface area contributed by atoms with Crippen LogP contribution in [0.25, 0.3) is 0 Å². The quantitative estimate of drug-likeness (QED) is 0.114. The van der Waals surface area contributed by atoms with Gasteiger partial charge in [0.1, 0.15) is 30.0 Å². The highest BCUT2D eigenvalue weighted by molar-refractivity contribution is 7.07. The fourth-order valence-corrected chi connectivity index (χ4v) is 4.07. The maximum Gasteiger partial charge on any atom is 0.313 e. The molecule has 0 aliphatic carbocycles. The number of ether oxygens (including phenoxy) is 2. The second kappa shape index (κ2) is 15.2. The maximum absolute atomic E-state index is 13.9. The summed E-state index contributed by atoms with van der Waals surface area (Å²) in [6, 6.07) is 1.50. The summed E-state index contributed by atoms with van der Waals surface area (Å²) >= 11 is 1.42. The van der Waals surface area contributed by atoms with E-state index in [2.05, 4.69) is 5.32 Å². The molecule has 0 spiro atoms. The number of carbonyl (C=O) groups excluding carboxylic acids is 4. The third-order valence-corrected chi connectivity index (χ3v) is 6.42. The summed E-state index contributed by atoms with van der Waals surface area (Å²) in [6.45, 7) is 0.0123. The van der Waals surface area contributed by atoms with Crippen molar-refractivity contribution in [3.63, 3.8) is 0 Å². The molecule has 230 valence electrons. The van der Waals surface area contributed by atoms with Gasteiger partial charge in [-0.05, 0) is 47.9 Å². The van der Waals surface area contributed by atoms with Gasteiger partial charge in [0.2, 0.25) is 17.5 Å². The molecule has 1 aromatic heterocycles. The molecular formula is C27H23F6N3O6S. The Balaban J connectivity index is 1.64. The standard InChI is InChI=1S/C27H23F6N3O6S/c1-13(34-26(39)27(40)36-23-15(28)3-2-4-16(23)29)25(38)35-19(5-7-41-10-14-6-8-43-12-14)20(37)11-42-24-21(32)17(30)9-18(31)22(24)33/h2-4,6,8-9,12-13,19H,5,7,10-11H2,1H3,(H,34,39)(H,35,38)(H,36,40)/t13-,19-/m0/s1. The normalized spacial score (nSPS) is 12.3. The summed E-state index contributed by atoms with van der Waals surface area (Å²) in [5, 5.41) is 9.61.